The van der Waals surface area contributed by atoms with Crippen LogP contribution in [0.1, 0.15) is 23.2 Å². The molecule has 24 heavy (non-hydrogen) atoms. The fraction of sp³-hybridized carbons (Fsp3) is 0.263. The average molecular weight is 323 g/mol. The lowest BCUT2D eigenvalue weighted by Crippen LogP contribution is -2.34. The maximum Gasteiger partial charge on any atom is 0.255 e. The van der Waals surface area contributed by atoms with Crippen LogP contribution in [0.2, 0.25) is 0 Å². The van der Waals surface area contributed by atoms with Gasteiger partial charge in [0.15, 0.2) is 0 Å². The first kappa shape index (κ1) is 16.2. The van der Waals surface area contributed by atoms with Crippen molar-refractivity contribution >= 4 is 23.2 Å². The van der Waals surface area contributed by atoms with E-state index in [1.165, 1.54) is 0 Å². The topological polar surface area (TPSA) is 70.2 Å². The van der Waals surface area contributed by atoms with Crippen LogP contribution in [0.25, 0.3) is 0 Å². The third kappa shape index (κ3) is 4.20. The molecule has 1 heterocycles. The Labute approximate surface area is 141 Å². The predicted octanol–water partition coefficient (Wildman–Crippen LogP) is 2.88. The summed E-state index contributed by atoms with van der Waals surface area (Å²) in [4.78, 5) is 24.4. The maximum atomic E-state index is 12.2. The molecule has 1 aliphatic rings. The fourth-order valence-corrected chi connectivity index (χ4v) is 2.76. The van der Waals surface area contributed by atoms with E-state index in [0.717, 1.165) is 37.3 Å². The molecule has 1 fully saturated rings. The van der Waals surface area contributed by atoms with Crippen LogP contribution in [0.3, 0.4) is 0 Å². The second-order valence-electron chi connectivity index (χ2n) is 5.91. The van der Waals surface area contributed by atoms with E-state index in [2.05, 4.69) is 16.0 Å². The van der Waals surface area contributed by atoms with Gasteiger partial charge in [-0.3, -0.25) is 9.59 Å². The van der Waals surface area contributed by atoms with Crippen LogP contribution < -0.4 is 16.0 Å². The molecular formula is C19H21N3O2. The van der Waals surface area contributed by atoms with Gasteiger partial charge in [0.25, 0.3) is 5.91 Å². The van der Waals surface area contributed by atoms with E-state index in [0.29, 0.717) is 5.56 Å². The van der Waals surface area contributed by atoms with Gasteiger partial charge in [-0.25, -0.2) is 0 Å². The molecule has 0 aromatic heterocycles. The largest absolute Gasteiger partial charge is 0.326 e. The van der Waals surface area contributed by atoms with Crippen LogP contribution in [0.4, 0.5) is 11.4 Å². The summed E-state index contributed by atoms with van der Waals surface area (Å²) in [6.45, 7) is 1.77. The molecule has 0 aliphatic carbocycles. The molecule has 0 unspecified atom stereocenters. The van der Waals surface area contributed by atoms with Crippen LogP contribution in [-0.4, -0.2) is 24.9 Å². The summed E-state index contributed by atoms with van der Waals surface area (Å²) in [6, 6.07) is 16.3. The van der Waals surface area contributed by atoms with E-state index >= 15 is 0 Å². The summed E-state index contributed by atoms with van der Waals surface area (Å²) in [7, 11) is 0. The number of rotatable bonds is 4. The minimum atomic E-state index is -0.169. The summed E-state index contributed by atoms with van der Waals surface area (Å²) in [5, 5.41) is 9.01. The third-order valence-corrected chi connectivity index (χ3v) is 4.16. The smallest absolute Gasteiger partial charge is 0.255 e. The van der Waals surface area contributed by atoms with Crippen LogP contribution in [-0.2, 0) is 4.79 Å². The maximum absolute atomic E-state index is 12.2. The molecule has 3 rings (SSSR count). The van der Waals surface area contributed by atoms with Gasteiger partial charge in [0.2, 0.25) is 5.91 Å². The second-order valence-corrected chi connectivity index (χ2v) is 5.91. The van der Waals surface area contributed by atoms with E-state index in [1.54, 1.807) is 24.3 Å². The van der Waals surface area contributed by atoms with Crippen molar-refractivity contribution in [1.29, 1.82) is 0 Å². The molecule has 1 saturated heterocycles. The van der Waals surface area contributed by atoms with E-state index in [1.807, 2.05) is 30.3 Å². The lowest BCUT2D eigenvalue weighted by molar-refractivity contribution is -0.120. The van der Waals surface area contributed by atoms with Crippen molar-refractivity contribution in [3.05, 3.63) is 60.2 Å². The van der Waals surface area contributed by atoms with Gasteiger partial charge in [-0.2, -0.15) is 0 Å². The van der Waals surface area contributed by atoms with Crippen molar-refractivity contribution < 1.29 is 9.59 Å². The zero-order chi connectivity index (χ0) is 16.8. The molecule has 0 bridgehead atoms. The molecule has 3 N–H and O–H groups in total. The molecule has 5 nitrogen and oxygen atoms in total. The molecule has 0 saturated carbocycles. The molecular weight excluding hydrogens is 302 g/mol. The lowest BCUT2D eigenvalue weighted by atomic mass is 9.97. The minimum Gasteiger partial charge on any atom is -0.326 e. The van der Waals surface area contributed by atoms with Crippen LogP contribution in [0, 0.1) is 5.92 Å². The number of amides is 2. The predicted molar refractivity (Wildman–Crippen MR) is 95.1 cm³/mol. The van der Waals surface area contributed by atoms with Gasteiger partial charge >= 0.3 is 0 Å². The zero-order valence-corrected chi connectivity index (χ0v) is 13.4. The quantitative estimate of drug-likeness (QED) is 0.810. The van der Waals surface area contributed by atoms with Crippen molar-refractivity contribution in [1.82, 2.24) is 5.32 Å². The highest BCUT2D eigenvalue weighted by atomic mass is 16.2. The molecule has 0 spiro atoms. The van der Waals surface area contributed by atoms with Gasteiger partial charge < -0.3 is 16.0 Å². The SMILES string of the molecule is O=C(Nc1ccccc1)c1ccc(NC(=O)C2CCNCC2)cc1. The Morgan fingerprint density at radius 3 is 2.12 bits per heavy atom. The Kier molecular flexibility index (Phi) is 5.23. The minimum absolute atomic E-state index is 0.0537. The highest BCUT2D eigenvalue weighted by Crippen LogP contribution is 2.17. The highest BCUT2D eigenvalue weighted by molar-refractivity contribution is 6.04. The van der Waals surface area contributed by atoms with Crippen molar-refractivity contribution in [3.63, 3.8) is 0 Å². The van der Waals surface area contributed by atoms with Gasteiger partial charge in [0.1, 0.15) is 0 Å². The van der Waals surface area contributed by atoms with Gasteiger partial charge in [0.05, 0.1) is 0 Å². The zero-order valence-electron chi connectivity index (χ0n) is 13.4. The summed E-state index contributed by atoms with van der Waals surface area (Å²) >= 11 is 0. The van der Waals surface area contributed by atoms with Crippen molar-refractivity contribution in [2.45, 2.75) is 12.8 Å². The van der Waals surface area contributed by atoms with E-state index in [9.17, 15) is 9.59 Å². The number of hydrogen-bond acceptors (Lipinski definition) is 3. The lowest BCUT2D eigenvalue weighted by Gasteiger charge is -2.21. The Hall–Kier alpha value is -2.66. The molecule has 2 aromatic rings. The number of carbonyl (C=O) groups excluding carboxylic acids is 2. The average Bonchev–Trinajstić information content (AvgIpc) is 2.64. The van der Waals surface area contributed by atoms with Crippen LogP contribution >= 0.6 is 0 Å². The van der Waals surface area contributed by atoms with Crippen LogP contribution in [0.5, 0.6) is 0 Å². The Balaban J connectivity index is 1.58. The Bertz CT molecular complexity index is 692. The van der Waals surface area contributed by atoms with Crippen molar-refractivity contribution in [2.75, 3.05) is 23.7 Å². The van der Waals surface area contributed by atoms with Gasteiger partial charge in [-0.1, -0.05) is 18.2 Å². The molecule has 5 heteroatoms. The summed E-state index contributed by atoms with van der Waals surface area (Å²) in [5.74, 6) is -0.0530. The molecule has 2 amide bonds. The highest BCUT2D eigenvalue weighted by Gasteiger charge is 2.20. The first-order chi connectivity index (χ1) is 11.7. The Morgan fingerprint density at radius 2 is 1.46 bits per heavy atom. The van der Waals surface area contributed by atoms with E-state index < -0.39 is 0 Å². The second kappa shape index (κ2) is 7.75. The number of benzene rings is 2. The van der Waals surface area contributed by atoms with E-state index in [-0.39, 0.29) is 17.7 Å². The van der Waals surface area contributed by atoms with Crippen molar-refractivity contribution in [2.24, 2.45) is 5.92 Å². The first-order valence-electron chi connectivity index (χ1n) is 8.20. The molecule has 2 aromatic carbocycles. The Morgan fingerprint density at radius 1 is 0.833 bits per heavy atom. The number of para-hydroxylation sites is 1. The molecule has 0 radical (unpaired) electrons. The van der Waals surface area contributed by atoms with Gasteiger partial charge in [-0.15, -0.1) is 0 Å². The summed E-state index contributed by atoms with van der Waals surface area (Å²) < 4.78 is 0. The number of nitrogens with one attached hydrogen (secondary N) is 3. The van der Waals surface area contributed by atoms with Crippen LogP contribution in [0.15, 0.2) is 54.6 Å². The van der Waals surface area contributed by atoms with E-state index in [4.69, 9.17) is 0 Å². The van der Waals surface area contributed by atoms with Crippen molar-refractivity contribution in [3.8, 4) is 0 Å². The summed E-state index contributed by atoms with van der Waals surface area (Å²) in [6.07, 6.45) is 1.73. The third-order valence-electron chi connectivity index (χ3n) is 4.16. The number of hydrogen-bond donors (Lipinski definition) is 3. The molecule has 124 valence electrons. The number of anilines is 2. The normalized spacial score (nSPS) is 14.8. The number of piperidine rings is 1. The molecule has 1 aliphatic heterocycles. The summed E-state index contributed by atoms with van der Waals surface area (Å²) in [5.41, 5.74) is 2.03. The number of carbonyl (C=O) groups is 2. The first-order valence-corrected chi connectivity index (χ1v) is 8.20. The fourth-order valence-electron chi connectivity index (χ4n) is 2.76. The van der Waals surface area contributed by atoms with Gasteiger partial charge in [-0.05, 0) is 62.3 Å². The van der Waals surface area contributed by atoms with Gasteiger partial charge in [0, 0.05) is 22.9 Å². The monoisotopic (exact) mass is 323 g/mol. The standard InChI is InChI=1S/C19H21N3O2/c23-18(21-16-4-2-1-3-5-16)14-6-8-17(9-7-14)22-19(24)15-10-12-20-13-11-15/h1-9,15,20H,10-13H2,(H,21,23)(H,22,24). The molecule has 0 atom stereocenters.